The summed E-state index contributed by atoms with van der Waals surface area (Å²) in [6, 6.07) is 2.08. The van der Waals surface area contributed by atoms with Gasteiger partial charge < -0.3 is 10.6 Å². The molecule has 0 aromatic carbocycles. The zero-order valence-corrected chi connectivity index (χ0v) is 14.1. The minimum Gasteiger partial charge on any atom is -0.337 e. The van der Waals surface area contributed by atoms with Crippen molar-refractivity contribution in [1.82, 2.24) is 24.9 Å². The van der Waals surface area contributed by atoms with E-state index in [0.29, 0.717) is 13.1 Å². The Balaban J connectivity index is 1.74. The molecule has 1 saturated heterocycles. The van der Waals surface area contributed by atoms with Crippen LogP contribution in [0.3, 0.4) is 0 Å². The number of nitrogens with two attached hydrogens (primary N) is 1. The molecule has 7 nitrogen and oxygen atoms in total. The van der Waals surface area contributed by atoms with Crippen LogP contribution in [0.25, 0.3) is 5.82 Å². The van der Waals surface area contributed by atoms with Crippen LogP contribution in [0.5, 0.6) is 0 Å². The fourth-order valence-electron chi connectivity index (χ4n) is 2.95. The summed E-state index contributed by atoms with van der Waals surface area (Å²) in [6.45, 7) is 3.10. The zero-order chi connectivity index (χ0) is 18.9. The van der Waals surface area contributed by atoms with Gasteiger partial charge in [0.2, 0.25) is 0 Å². The summed E-state index contributed by atoms with van der Waals surface area (Å²) < 4.78 is 39.0. The van der Waals surface area contributed by atoms with Crippen molar-refractivity contribution < 1.29 is 18.0 Å². The third kappa shape index (κ3) is 3.85. The lowest BCUT2D eigenvalue weighted by molar-refractivity contribution is -0.137. The molecule has 2 aromatic heterocycles. The average Bonchev–Trinajstić information content (AvgIpc) is 3.10. The summed E-state index contributed by atoms with van der Waals surface area (Å²) >= 11 is 0. The minimum atomic E-state index is -4.46. The second kappa shape index (κ2) is 7.02. The van der Waals surface area contributed by atoms with E-state index in [9.17, 15) is 18.0 Å². The Kier molecular flexibility index (Phi) is 4.94. The number of hydrogen-bond donors (Lipinski definition) is 1. The van der Waals surface area contributed by atoms with Gasteiger partial charge in [-0.3, -0.25) is 4.79 Å². The van der Waals surface area contributed by atoms with Crippen molar-refractivity contribution in [2.45, 2.75) is 32.0 Å². The van der Waals surface area contributed by atoms with Gasteiger partial charge in [0.1, 0.15) is 0 Å². The molecule has 1 amide bonds. The molecule has 0 bridgehead atoms. The molecule has 0 aliphatic carbocycles. The van der Waals surface area contributed by atoms with Crippen LogP contribution in [0.4, 0.5) is 13.2 Å². The van der Waals surface area contributed by atoms with E-state index in [1.807, 2.05) is 6.92 Å². The van der Waals surface area contributed by atoms with Crippen LogP contribution in [0.15, 0.2) is 24.5 Å². The van der Waals surface area contributed by atoms with E-state index < -0.39 is 11.7 Å². The molecule has 140 valence electrons. The maximum atomic E-state index is 12.6. The van der Waals surface area contributed by atoms with Crippen LogP contribution >= 0.6 is 0 Å². The van der Waals surface area contributed by atoms with Gasteiger partial charge in [-0.15, -0.1) is 5.10 Å². The van der Waals surface area contributed by atoms with Gasteiger partial charge in [0, 0.05) is 25.3 Å². The SMILES string of the molecule is CC(N)C1CCCN(C(=O)c2cn(-c3ccc(C(F)(F)F)cn3)nn2)C1. The van der Waals surface area contributed by atoms with E-state index in [1.165, 1.54) is 16.9 Å². The van der Waals surface area contributed by atoms with Crippen LogP contribution in [-0.4, -0.2) is 49.9 Å². The summed E-state index contributed by atoms with van der Waals surface area (Å²) in [7, 11) is 0. The van der Waals surface area contributed by atoms with Gasteiger partial charge in [0.05, 0.1) is 11.8 Å². The Bertz CT molecular complexity index is 771. The summed E-state index contributed by atoms with van der Waals surface area (Å²) in [5.74, 6) is 0.115. The normalized spacial score (nSPS) is 19.4. The molecule has 0 saturated carbocycles. The number of alkyl halides is 3. The molecule has 2 N–H and O–H groups in total. The standard InChI is InChI=1S/C16H19F3N6O/c1-10(20)11-3-2-6-24(8-11)15(26)13-9-25(23-22-13)14-5-4-12(7-21-14)16(17,18)19/h4-5,7,9-11H,2-3,6,8,20H2,1H3. The van der Waals surface area contributed by atoms with Crippen molar-refractivity contribution >= 4 is 5.91 Å². The van der Waals surface area contributed by atoms with Gasteiger partial charge >= 0.3 is 6.18 Å². The fourth-order valence-corrected chi connectivity index (χ4v) is 2.95. The molecule has 1 fully saturated rings. The third-order valence-electron chi connectivity index (χ3n) is 4.51. The van der Waals surface area contributed by atoms with E-state index in [1.54, 1.807) is 4.90 Å². The number of halogens is 3. The number of rotatable bonds is 3. The van der Waals surface area contributed by atoms with Gasteiger partial charge in [-0.25, -0.2) is 9.67 Å². The number of carbonyl (C=O) groups excluding carboxylic acids is 1. The van der Waals surface area contributed by atoms with Crippen molar-refractivity contribution in [1.29, 1.82) is 0 Å². The lowest BCUT2D eigenvalue weighted by Crippen LogP contribution is -2.45. The lowest BCUT2D eigenvalue weighted by atomic mass is 9.92. The summed E-state index contributed by atoms with van der Waals surface area (Å²) in [4.78, 5) is 18.0. The fraction of sp³-hybridized carbons (Fsp3) is 0.500. The van der Waals surface area contributed by atoms with Crippen LogP contribution in [0.1, 0.15) is 35.8 Å². The van der Waals surface area contributed by atoms with E-state index in [-0.39, 0.29) is 29.4 Å². The third-order valence-corrected chi connectivity index (χ3v) is 4.51. The van der Waals surface area contributed by atoms with Crippen molar-refractivity contribution in [2.24, 2.45) is 11.7 Å². The largest absolute Gasteiger partial charge is 0.417 e. The molecule has 2 aromatic rings. The molecule has 26 heavy (non-hydrogen) atoms. The molecule has 3 heterocycles. The van der Waals surface area contributed by atoms with Crippen molar-refractivity contribution in [2.75, 3.05) is 13.1 Å². The monoisotopic (exact) mass is 368 g/mol. The smallest absolute Gasteiger partial charge is 0.337 e. The van der Waals surface area contributed by atoms with Crippen LogP contribution < -0.4 is 5.73 Å². The molecule has 0 radical (unpaired) electrons. The van der Waals surface area contributed by atoms with Gasteiger partial charge in [0.25, 0.3) is 5.91 Å². The molecular formula is C16H19F3N6O. The van der Waals surface area contributed by atoms with Gasteiger partial charge in [-0.05, 0) is 37.8 Å². The van der Waals surface area contributed by atoms with Crippen LogP contribution in [0, 0.1) is 5.92 Å². The molecule has 2 atom stereocenters. The Morgan fingerprint density at radius 3 is 2.77 bits per heavy atom. The number of amides is 1. The van der Waals surface area contributed by atoms with Crippen LogP contribution in [-0.2, 0) is 6.18 Å². The number of likely N-dealkylation sites (tertiary alicyclic amines) is 1. The van der Waals surface area contributed by atoms with Gasteiger partial charge in [-0.2, -0.15) is 13.2 Å². The Labute approximate surface area is 148 Å². The molecule has 2 unspecified atom stereocenters. The Morgan fingerprint density at radius 1 is 1.38 bits per heavy atom. The quantitative estimate of drug-likeness (QED) is 0.893. The number of pyridine rings is 1. The van der Waals surface area contributed by atoms with E-state index in [0.717, 1.165) is 25.1 Å². The summed E-state index contributed by atoms with van der Waals surface area (Å²) in [5, 5.41) is 7.64. The highest BCUT2D eigenvalue weighted by molar-refractivity contribution is 5.92. The highest BCUT2D eigenvalue weighted by atomic mass is 19.4. The minimum absolute atomic E-state index is 0.00219. The number of nitrogens with zero attached hydrogens (tertiary/aromatic N) is 5. The highest BCUT2D eigenvalue weighted by Gasteiger charge is 2.31. The van der Waals surface area contributed by atoms with Gasteiger partial charge in [-0.1, -0.05) is 5.21 Å². The second-order valence-corrected chi connectivity index (χ2v) is 6.46. The number of hydrogen-bond acceptors (Lipinski definition) is 5. The first-order valence-electron chi connectivity index (χ1n) is 8.26. The maximum absolute atomic E-state index is 12.6. The van der Waals surface area contributed by atoms with Crippen molar-refractivity contribution in [3.05, 3.63) is 35.8 Å². The number of carbonyl (C=O) groups is 1. The molecular weight excluding hydrogens is 349 g/mol. The van der Waals surface area contributed by atoms with Crippen molar-refractivity contribution in [3.8, 4) is 5.82 Å². The maximum Gasteiger partial charge on any atom is 0.417 e. The van der Waals surface area contributed by atoms with Crippen molar-refractivity contribution in [3.63, 3.8) is 0 Å². The first-order valence-corrected chi connectivity index (χ1v) is 8.26. The van der Waals surface area contributed by atoms with Gasteiger partial charge in [0.15, 0.2) is 11.5 Å². The second-order valence-electron chi connectivity index (χ2n) is 6.46. The first-order chi connectivity index (χ1) is 12.3. The Morgan fingerprint density at radius 2 is 2.15 bits per heavy atom. The van der Waals surface area contributed by atoms with E-state index in [2.05, 4.69) is 15.3 Å². The molecule has 3 rings (SSSR count). The number of piperidine rings is 1. The number of aromatic nitrogens is 4. The lowest BCUT2D eigenvalue weighted by Gasteiger charge is -2.34. The molecule has 1 aliphatic heterocycles. The predicted molar refractivity (Wildman–Crippen MR) is 86.4 cm³/mol. The Hall–Kier alpha value is -2.49. The first kappa shape index (κ1) is 18.3. The van der Waals surface area contributed by atoms with E-state index in [4.69, 9.17) is 5.73 Å². The average molecular weight is 368 g/mol. The summed E-state index contributed by atoms with van der Waals surface area (Å²) in [5.41, 5.74) is 5.20. The molecule has 1 aliphatic rings. The topological polar surface area (TPSA) is 89.9 Å². The van der Waals surface area contributed by atoms with Crippen LogP contribution in [0.2, 0.25) is 0 Å². The molecule has 0 spiro atoms. The zero-order valence-electron chi connectivity index (χ0n) is 14.1. The predicted octanol–water partition coefficient (Wildman–Crippen LogP) is 1.88. The molecule has 10 heteroatoms. The highest BCUT2D eigenvalue weighted by Crippen LogP contribution is 2.28. The van der Waals surface area contributed by atoms with E-state index >= 15 is 0 Å². The summed E-state index contributed by atoms with van der Waals surface area (Å²) in [6.07, 6.45) is -0.528.